The van der Waals surface area contributed by atoms with Crippen LogP contribution in [0.4, 0.5) is 11.4 Å². The molecule has 0 amide bonds. The lowest BCUT2D eigenvalue weighted by Gasteiger charge is -2.20. The van der Waals surface area contributed by atoms with E-state index in [0.717, 1.165) is 28.0 Å². The lowest BCUT2D eigenvalue weighted by Crippen LogP contribution is -2.19. The highest BCUT2D eigenvalue weighted by Gasteiger charge is 2.23. The highest BCUT2D eigenvalue weighted by molar-refractivity contribution is 6.05. The Balaban J connectivity index is 1.51. The first-order valence-corrected chi connectivity index (χ1v) is 10.7. The number of hydrogen-bond donors (Lipinski definition) is 1. The van der Waals surface area contributed by atoms with Crippen molar-refractivity contribution in [1.29, 1.82) is 0 Å². The molecule has 0 aliphatic carbocycles. The fraction of sp³-hybridized carbons (Fsp3) is 0.0714. The van der Waals surface area contributed by atoms with E-state index < -0.39 is 0 Å². The number of para-hydroxylation sites is 3. The molecule has 0 spiro atoms. The molecule has 0 radical (unpaired) electrons. The number of rotatable bonds is 2. The van der Waals surface area contributed by atoms with Crippen molar-refractivity contribution in [3.05, 3.63) is 119 Å². The molecular weight excluding hydrogens is 396 g/mol. The third-order valence-electron chi connectivity index (χ3n) is 6.01. The lowest BCUT2D eigenvalue weighted by molar-refractivity contribution is 0.559. The van der Waals surface area contributed by atoms with Crippen molar-refractivity contribution in [2.24, 2.45) is 4.99 Å². The molecule has 1 N–H and O–H groups in total. The van der Waals surface area contributed by atoms with Crippen molar-refractivity contribution < 1.29 is 4.42 Å². The Bertz CT molecular complexity index is 1570. The minimum Gasteiger partial charge on any atom is -0.422 e. The third-order valence-corrected chi connectivity index (χ3v) is 6.01. The monoisotopic (exact) mass is 416 g/mol. The molecule has 0 fully saturated rings. The molecule has 1 aromatic heterocycles. The Labute approximate surface area is 184 Å². The number of nitrogens with one attached hydrogen (secondary N) is 1. The van der Waals surface area contributed by atoms with Gasteiger partial charge in [-0.3, -0.25) is 4.99 Å². The van der Waals surface area contributed by atoms with E-state index in [4.69, 9.17) is 9.41 Å². The van der Waals surface area contributed by atoms with Gasteiger partial charge in [0.25, 0.3) is 0 Å². The van der Waals surface area contributed by atoms with E-state index in [1.807, 2.05) is 60.7 Å². The molecule has 1 aliphatic rings. The van der Waals surface area contributed by atoms with Crippen molar-refractivity contribution in [3.63, 3.8) is 0 Å². The van der Waals surface area contributed by atoms with E-state index in [0.29, 0.717) is 17.6 Å². The molecule has 0 saturated heterocycles. The summed E-state index contributed by atoms with van der Waals surface area (Å²) in [5.74, 6) is 0. The minimum atomic E-state index is -0.362. The van der Waals surface area contributed by atoms with Gasteiger partial charge in [0.1, 0.15) is 5.58 Å². The quantitative estimate of drug-likeness (QED) is 0.329. The minimum absolute atomic E-state index is 0.0344. The van der Waals surface area contributed by atoms with Crippen molar-refractivity contribution in [2.75, 3.05) is 5.32 Å². The van der Waals surface area contributed by atoms with E-state index in [1.165, 1.54) is 10.8 Å². The van der Waals surface area contributed by atoms with Gasteiger partial charge >= 0.3 is 5.63 Å². The standard InChI is InChI=1S/C28H20N2O2/c31-28-22(16-21-9-3-6-12-27(21)32-28)26-17-25(29-23-10-4-5-11-24(23)30-26)20-14-13-18-7-1-2-8-19(18)15-20/h1-16,25,29H,17H2. The summed E-state index contributed by atoms with van der Waals surface area (Å²) in [7, 11) is 0. The molecule has 1 unspecified atom stereocenters. The summed E-state index contributed by atoms with van der Waals surface area (Å²) < 4.78 is 5.62. The van der Waals surface area contributed by atoms with Gasteiger partial charge in [-0.25, -0.2) is 4.79 Å². The SMILES string of the molecule is O=c1oc2ccccc2cc1C1=Nc2ccccc2NC(c2ccc3ccccc3c2)C1. The van der Waals surface area contributed by atoms with Crippen LogP contribution in [0.5, 0.6) is 0 Å². The average Bonchev–Trinajstić information content (AvgIpc) is 3.03. The number of anilines is 1. The second kappa shape index (κ2) is 7.50. The molecule has 154 valence electrons. The fourth-order valence-electron chi connectivity index (χ4n) is 4.38. The zero-order chi connectivity index (χ0) is 21.5. The van der Waals surface area contributed by atoms with Crippen molar-refractivity contribution in [3.8, 4) is 0 Å². The molecule has 0 bridgehead atoms. The smallest absolute Gasteiger partial charge is 0.345 e. The van der Waals surface area contributed by atoms with E-state index in [1.54, 1.807) is 0 Å². The van der Waals surface area contributed by atoms with E-state index >= 15 is 0 Å². The van der Waals surface area contributed by atoms with Gasteiger partial charge in [0.15, 0.2) is 0 Å². The Morgan fingerprint density at radius 2 is 1.53 bits per heavy atom. The van der Waals surface area contributed by atoms with Crippen LogP contribution in [0.15, 0.2) is 111 Å². The predicted molar refractivity (Wildman–Crippen MR) is 130 cm³/mol. The maximum atomic E-state index is 12.9. The van der Waals surface area contributed by atoms with Gasteiger partial charge in [-0.05, 0) is 46.7 Å². The summed E-state index contributed by atoms with van der Waals surface area (Å²) in [5.41, 5.74) is 4.37. The summed E-state index contributed by atoms with van der Waals surface area (Å²) >= 11 is 0. The van der Waals surface area contributed by atoms with Crippen molar-refractivity contribution in [1.82, 2.24) is 0 Å². The molecule has 4 heteroatoms. The van der Waals surface area contributed by atoms with Crippen LogP contribution in [0.2, 0.25) is 0 Å². The van der Waals surface area contributed by atoms with Crippen LogP contribution in [-0.4, -0.2) is 5.71 Å². The van der Waals surface area contributed by atoms with Gasteiger partial charge in [-0.1, -0.05) is 66.7 Å². The van der Waals surface area contributed by atoms with Crippen LogP contribution in [0.3, 0.4) is 0 Å². The number of benzene rings is 4. The Morgan fingerprint density at radius 1 is 0.781 bits per heavy atom. The Kier molecular flexibility index (Phi) is 4.36. The highest BCUT2D eigenvalue weighted by Crippen LogP contribution is 2.36. The molecule has 1 atom stereocenters. The van der Waals surface area contributed by atoms with Crippen LogP contribution in [-0.2, 0) is 0 Å². The van der Waals surface area contributed by atoms with E-state index in [9.17, 15) is 4.79 Å². The number of hydrogen-bond acceptors (Lipinski definition) is 4. The first-order chi connectivity index (χ1) is 15.7. The average molecular weight is 416 g/mol. The van der Waals surface area contributed by atoms with E-state index in [-0.39, 0.29) is 11.7 Å². The molecule has 4 nitrogen and oxygen atoms in total. The number of aliphatic imine (C=N–C) groups is 1. The maximum Gasteiger partial charge on any atom is 0.345 e. The van der Waals surface area contributed by atoms with Crippen LogP contribution in [0.25, 0.3) is 21.7 Å². The normalized spacial score (nSPS) is 15.6. The van der Waals surface area contributed by atoms with Crippen LogP contribution in [0.1, 0.15) is 23.6 Å². The van der Waals surface area contributed by atoms with E-state index in [2.05, 4.69) is 41.7 Å². The summed E-state index contributed by atoms with van der Waals surface area (Å²) in [6.45, 7) is 0. The summed E-state index contributed by atoms with van der Waals surface area (Å²) in [5, 5.41) is 6.93. The Hall–Kier alpha value is -4.18. The Morgan fingerprint density at radius 3 is 2.44 bits per heavy atom. The first-order valence-electron chi connectivity index (χ1n) is 10.7. The van der Waals surface area contributed by atoms with Crippen molar-refractivity contribution >= 4 is 38.8 Å². The largest absolute Gasteiger partial charge is 0.422 e. The first kappa shape index (κ1) is 18.6. The molecule has 4 aromatic carbocycles. The summed E-state index contributed by atoms with van der Waals surface area (Å²) in [6, 6.07) is 32.2. The van der Waals surface area contributed by atoms with Gasteiger partial charge in [0, 0.05) is 11.8 Å². The summed E-state index contributed by atoms with van der Waals surface area (Å²) in [4.78, 5) is 17.8. The van der Waals surface area contributed by atoms with Gasteiger partial charge in [0.05, 0.1) is 28.7 Å². The lowest BCUT2D eigenvalue weighted by atomic mass is 9.95. The third kappa shape index (κ3) is 3.26. The van der Waals surface area contributed by atoms with Gasteiger partial charge < -0.3 is 9.73 Å². The van der Waals surface area contributed by atoms with Crippen LogP contribution < -0.4 is 10.9 Å². The molecular formula is C28H20N2O2. The molecule has 6 rings (SSSR count). The zero-order valence-corrected chi connectivity index (χ0v) is 17.3. The van der Waals surface area contributed by atoms with Gasteiger partial charge in [0.2, 0.25) is 0 Å². The second-order valence-corrected chi connectivity index (χ2v) is 8.07. The fourth-order valence-corrected chi connectivity index (χ4v) is 4.38. The van der Waals surface area contributed by atoms with Crippen LogP contribution >= 0.6 is 0 Å². The predicted octanol–water partition coefficient (Wildman–Crippen LogP) is 6.62. The molecule has 0 saturated carbocycles. The number of fused-ring (bicyclic) bond motifs is 3. The maximum absolute atomic E-state index is 12.9. The zero-order valence-electron chi connectivity index (χ0n) is 17.3. The number of nitrogens with zero attached hydrogens (tertiary/aromatic N) is 1. The molecule has 2 heterocycles. The highest BCUT2D eigenvalue weighted by atomic mass is 16.4. The topological polar surface area (TPSA) is 54.6 Å². The molecule has 5 aromatic rings. The van der Waals surface area contributed by atoms with Gasteiger partial charge in [-0.2, -0.15) is 0 Å². The molecule has 1 aliphatic heterocycles. The van der Waals surface area contributed by atoms with Crippen LogP contribution in [0, 0.1) is 0 Å². The van der Waals surface area contributed by atoms with Gasteiger partial charge in [-0.15, -0.1) is 0 Å². The summed E-state index contributed by atoms with van der Waals surface area (Å²) in [6.07, 6.45) is 0.566. The van der Waals surface area contributed by atoms with Crippen molar-refractivity contribution in [2.45, 2.75) is 12.5 Å². The molecule has 32 heavy (non-hydrogen) atoms. The second-order valence-electron chi connectivity index (χ2n) is 8.07.